The Labute approximate surface area is 132 Å². The maximum absolute atomic E-state index is 12.5. The van der Waals surface area contributed by atoms with E-state index in [9.17, 15) is 4.79 Å². The number of benzene rings is 1. The fourth-order valence-electron chi connectivity index (χ4n) is 2.17. The van der Waals surface area contributed by atoms with Crippen molar-refractivity contribution in [2.45, 2.75) is 11.9 Å². The number of carbonyl (C=O) groups is 1. The molecule has 108 valence electrons. The Bertz CT molecular complexity index is 692. The molecule has 0 spiro atoms. The number of pyridine rings is 1. The Morgan fingerprint density at radius 3 is 3.10 bits per heavy atom. The summed E-state index contributed by atoms with van der Waals surface area (Å²) in [5, 5.41) is 4.29. The predicted octanol–water partition coefficient (Wildman–Crippen LogP) is 4.19. The fraction of sp³-hybridized carbons (Fsp3) is 0.200. The lowest BCUT2D eigenvalue weighted by molar-refractivity contribution is 0.257. The van der Waals surface area contributed by atoms with Crippen LogP contribution in [0.3, 0.4) is 0 Å². The lowest BCUT2D eigenvalue weighted by Crippen LogP contribution is -2.38. The number of thioether (sulfide) groups is 1. The van der Waals surface area contributed by atoms with E-state index >= 15 is 0 Å². The molecule has 0 bridgehead atoms. The summed E-state index contributed by atoms with van der Waals surface area (Å²) in [6.45, 7) is 2.61. The van der Waals surface area contributed by atoms with Gasteiger partial charge in [-0.1, -0.05) is 17.7 Å². The molecular formula is C15H14ClN3OS. The minimum Gasteiger partial charge on any atom is -0.306 e. The Morgan fingerprint density at radius 1 is 1.43 bits per heavy atom. The highest BCUT2D eigenvalue weighted by molar-refractivity contribution is 7.99. The molecule has 0 radical (unpaired) electrons. The van der Waals surface area contributed by atoms with E-state index in [2.05, 4.69) is 10.3 Å². The maximum Gasteiger partial charge on any atom is 0.326 e. The number of anilines is 2. The highest BCUT2D eigenvalue weighted by Gasteiger charge is 2.24. The van der Waals surface area contributed by atoms with Crippen LogP contribution in [0.2, 0.25) is 5.02 Å². The number of hydrogen-bond donors (Lipinski definition) is 1. The molecule has 3 rings (SSSR count). The third-order valence-electron chi connectivity index (χ3n) is 3.21. The standard InChI is InChI=1S/C15H14ClN3OS/c1-10-4-5-12(11(16)9-10)18-15(20)19-7-8-21-14-13(19)3-2-6-17-14/h2-6,9H,7-8H2,1H3,(H,18,20). The smallest absolute Gasteiger partial charge is 0.306 e. The molecule has 0 fully saturated rings. The molecule has 2 amide bonds. The highest BCUT2D eigenvalue weighted by atomic mass is 35.5. The van der Waals surface area contributed by atoms with Gasteiger partial charge in [0.2, 0.25) is 0 Å². The first-order chi connectivity index (χ1) is 10.1. The molecule has 0 saturated heterocycles. The van der Waals surface area contributed by atoms with Crippen molar-refractivity contribution in [1.82, 2.24) is 4.98 Å². The fourth-order valence-corrected chi connectivity index (χ4v) is 3.38. The molecule has 0 unspecified atom stereocenters. The molecule has 1 aromatic carbocycles. The lowest BCUT2D eigenvalue weighted by Gasteiger charge is -2.28. The van der Waals surface area contributed by atoms with Crippen molar-refractivity contribution >= 4 is 40.8 Å². The van der Waals surface area contributed by atoms with Crippen LogP contribution in [-0.2, 0) is 0 Å². The van der Waals surface area contributed by atoms with Crippen molar-refractivity contribution in [2.24, 2.45) is 0 Å². The molecule has 0 saturated carbocycles. The first-order valence-electron chi connectivity index (χ1n) is 6.57. The molecule has 0 aliphatic carbocycles. The Balaban J connectivity index is 1.83. The zero-order valence-electron chi connectivity index (χ0n) is 11.5. The van der Waals surface area contributed by atoms with Gasteiger partial charge in [0.1, 0.15) is 5.03 Å². The number of rotatable bonds is 1. The van der Waals surface area contributed by atoms with Gasteiger partial charge in [-0.25, -0.2) is 9.78 Å². The first-order valence-corrected chi connectivity index (χ1v) is 7.94. The number of amides is 2. The molecule has 0 atom stereocenters. The zero-order chi connectivity index (χ0) is 14.8. The third kappa shape index (κ3) is 2.99. The zero-order valence-corrected chi connectivity index (χ0v) is 13.0. The van der Waals surface area contributed by atoms with Crippen LogP contribution in [0.4, 0.5) is 16.2 Å². The highest BCUT2D eigenvalue weighted by Crippen LogP contribution is 2.33. The molecule has 2 aromatic rings. The van der Waals surface area contributed by atoms with Crippen molar-refractivity contribution in [3.8, 4) is 0 Å². The maximum atomic E-state index is 12.5. The summed E-state index contributed by atoms with van der Waals surface area (Å²) in [4.78, 5) is 18.5. The van der Waals surface area contributed by atoms with Crippen LogP contribution in [-0.4, -0.2) is 23.3 Å². The Morgan fingerprint density at radius 2 is 2.29 bits per heavy atom. The second-order valence-corrected chi connectivity index (χ2v) is 6.23. The molecule has 6 heteroatoms. The third-order valence-corrected chi connectivity index (χ3v) is 4.49. The van der Waals surface area contributed by atoms with E-state index in [1.165, 1.54) is 0 Å². The SMILES string of the molecule is Cc1ccc(NC(=O)N2CCSc3ncccc32)c(Cl)c1. The average Bonchev–Trinajstić information content (AvgIpc) is 2.49. The molecular weight excluding hydrogens is 306 g/mol. The molecule has 1 N–H and O–H groups in total. The number of nitrogens with one attached hydrogen (secondary N) is 1. The summed E-state index contributed by atoms with van der Waals surface area (Å²) >= 11 is 7.83. The van der Waals surface area contributed by atoms with Crippen LogP contribution in [0, 0.1) is 6.92 Å². The summed E-state index contributed by atoms with van der Waals surface area (Å²) in [6.07, 6.45) is 1.74. The summed E-state index contributed by atoms with van der Waals surface area (Å²) in [5.74, 6) is 0.832. The van der Waals surface area contributed by atoms with Gasteiger partial charge < -0.3 is 5.32 Å². The van der Waals surface area contributed by atoms with Crippen molar-refractivity contribution in [2.75, 3.05) is 22.5 Å². The topological polar surface area (TPSA) is 45.2 Å². The number of urea groups is 1. The van der Waals surface area contributed by atoms with Crippen LogP contribution >= 0.6 is 23.4 Å². The van der Waals surface area contributed by atoms with Crippen LogP contribution in [0.25, 0.3) is 0 Å². The summed E-state index contributed by atoms with van der Waals surface area (Å²) in [7, 11) is 0. The van der Waals surface area contributed by atoms with Crippen LogP contribution in [0.1, 0.15) is 5.56 Å². The van der Waals surface area contributed by atoms with Crippen molar-refractivity contribution in [3.05, 3.63) is 47.1 Å². The van der Waals surface area contributed by atoms with Crippen LogP contribution in [0.15, 0.2) is 41.6 Å². The van der Waals surface area contributed by atoms with E-state index in [-0.39, 0.29) is 6.03 Å². The molecule has 4 nitrogen and oxygen atoms in total. The lowest BCUT2D eigenvalue weighted by atomic mass is 10.2. The Kier molecular flexibility index (Phi) is 4.03. The first kappa shape index (κ1) is 14.2. The number of nitrogens with zero attached hydrogens (tertiary/aromatic N) is 2. The minimum atomic E-state index is -0.185. The Hall–Kier alpha value is -1.72. The van der Waals surface area contributed by atoms with Gasteiger partial charge >= 0.3 is 6.03 Å². The molecule has 1 aliphatic heterocycles. The van der Waals surface area contributed by atoms with Gasteiger partial charge in [-0.15, -0.1) is 11.8 Å². The van der Waals surface area contributed by atoms with Gasteiger partial charge in [-0.3, -0.25) is 4.90 Å². The number of fused-ring (bicyclic) bond motifs is 1. The van der Waals surface area contributed by atoms with E-state index in [0.29, 0.717) is 17.3 Å². The molecule has 2 heterocycles. The van der Waals surface area contributed by atoms with Crippen molar-refractivity contribution in [1.29, 1.82) is 0 Å². The summed E-state index contributed by atoms with van der Waals surface area (Å²) in [5.41, 5.74) is 2.52. The van der Waals surface area contributed by atoms with E-state index in [1.54, 1.807) is 22.9 Å². The largest absolute Gasteiger partial charge is 0.326 e. The minimum absolute atomic E-state index is 0.185. The summed E-state index contributed by atoms with van der Waals surface area (Å²) < 4.78 is 0. The van der Waals surface area contributed by atoms with E-state index in [4.69, 9.17) is 11.6 Å². The second kappa shape index (κ2) is 5.95. The van der Waals surface area contributed by atoms with Gasteiger partial charge in [0, 0.05) is 18.5 Å². The average molecular weight is 320 g/mol. The number of halogens is 1. The van der Waals surface area contributed by atoms with Crippen molar-refractivity contribution in [3.63, 3.8) is 0 Å². The van der Waals surface area contributed by atoms with Gasteiger partial charge in [0.15, 0.2) is 0 Å². The number of hydrogen-bond acceptors (Lipinski definition) is 3. The van der Waals surface area contributed by atoms with Gasteiger partial charge in [0.25, 0.3) is 0 Å². The number of carbonyl (C=O) groups excluding carboxylic acids is 1. The molecule has 21 heavy (non-hydrogen) atoms. The normalized spacial score (nSPS) is 13.7. The second-order valence-electron chi connectivity index (χ2n) is 4.74. The van der Waals surface area contributed by atoms with E-state index in [1.807, 2.05) is 37.3 Å². The monoisotopic (exact) mass is 319 g/mol. The molecule has 1 aromatic heterocycles. The van der Waals surface area contributed by atoms with Crippen LogP contribution < -0.4 is 10.2 Å². The number of aromatic nitrogens is 1. The quantitative estimate of drug-likeness (QED) is 0.857. The van der Waals surface area contributed by atoms with Crippen molar-refractivity contribution < 1.29 is 4.79 Å². The van der Waals surface area contributed by atoms with E-state index in [0.717, 1.165) is 22.0 Å². The van der Waals surface area contributed by atoms with Gasteiger partial charge in [-0.2, -0.15) is 0 Å². The van der Waals surface area contributed by atoms with Gasteiger partial charge in [0.05, 0.1) is 16.4 Å². The van der Waals surface area contributed by atoms with E-state index < -0.39 is 0 Å². The van der Waals surface area contributed by atoms with Gasteiger partial charge in [-0.05, 0) is 36.8 Å². The molecule has 1 aliphatic rings. The number of aryl methyl sites for hydroxylation is 1. The summed E-state index contributed by atoms with van der Waals surface area (Å²) in [6, 6.07) is 9.13. The van der Waals surface area contributed by atoms with Crippen LogP contribution in [0.5, 0.6) is 0 Å². The predicted molar refractivity (Wildman–Crippen MR) is 87.5 cm³/mol.